The molecule has 0 spiro atoms. The summed E-state index contributed by atoms with van der Waals surface area (Å²) in [5.41, 5.74) is 4.19. The quantitative estimate of drug-likeness (QED) is 0.862. The van der Waals surface area contributed by atoms with Gasteiger partial charge in [0.1, 0.15) is 0 Å². The maximum absolute atomic E-state index is 5.53. The van der Waals surface area contributed by atoms with E-state index in [1.165, 1.54) is 16.7 Å². The molecule has 2 heterocycles. The molecule has 1 fully saturated rings. The zero-order chi connectivity index (χ0) is 16.3. The first-order valence-electron chi connectivity index (χ1n) is 8.38. The van der Waals surface area contributed by atoms with E-state index >= 15 is 0 Å². The number of ether oxygens (including phenoxy) is 1. The van der Waals surface area contributed by atoms with Crippen LogP contribution < -0.4 is 0 Å². The van der Waals surface area contributed by atoms with Gasteiger partial charge in [0.25, 0.3) is 0 Å². The van der Waals surface area contributed by atoms with Gasteiger partial charge in [0.15, 0.2) is 0 Å². The van der Waals surface area contributed by atoms with Crippen LogP contribution >= 0.6 is 0 Å². The van der Waals surface area contributed by atoms with Crippen molar-refractivity contribution >= 4 is 0 Å². The van der Waals surface area contributed by atoms with E-state index in [0.29, 0.717) is 0 Å². The molecule has 1 aliphatic heterocycles. The van der Waals surface area contributed by atoms with E-state index in [1.807, 2.05) is 12.4 Å². The lowest BCUT2D eigenvalue weighted by atomic mass is 9.85. The molecule has 3 nitrogen and oxygen atoms in total. The summed E-state index contributed by atoms with van der Waals surface area (Å²) in [5.74, 6) is 0. The van der Waals surface area contributed by atoms with Crippen LogP contribution in [0.1, 0.15) is 43.5 Å². The third-order valence-corrected chi connectivity index (χ3v) is 4.53. The second-order valence-corrected chi connectivity index (χ2v) is 7.20. The summed E-state index contributed by atoms with van der Waals surface area (Å²) in [7, 11) is 0. The van der Waals surface area contributed by atoms with Crippen LogP contribution in [0.25, 0.3) is 0 Å². The van der Waals surface area contributed by atoms with Crippen LogP contribution in [0.4, 0.5) is 0 Å². The normalized spacial score (nSPS) is 17.9. The minimum absolute atomic E-state index is 0.184. The molecule has 1 aromatic heterocycles. The summed E-state index contributed by atoms with van der Waals surface area (Å²) in [6, 6.07) is 13.6. The lowest BCUT2D eigenvalue weighted by Crippen LogP contribution is -2.39. The van der Waals surface area contributed by atoms with Gasteiger partial charge < -0.3 is 4.74 Å². The first kappa shape index (κ1) is 16.2. The van der Waals surface area contributed by atoms with Crippen LogP contribution in [-0.4, -0.2) is 36.2 Å². The van der Waals surface area contributed by atoms with E-state index < -0.39 is 0 Å². The molecule has 0 N–H and O–H groups in total. The molecule has 0 aliphatic carbocycles. The van der Waals surface area contributed by atoms with E-state index in [4.69, 9.17) is 4.74 Å². The monoisotopic (exact) mass is 310 g/mol. The Balaban J connectivity index is 1.94. The largest absolute Gasteiger partial charge is 0.379 e. The lowest BCUT2D eigenvalue weighted by Gasteiger charge is -2.35. The van der Waals surface area contributed by atoms with Crippen molar-refractivity contribution in [3.05, 3.63) is 65.5 Å². The number of rotatable bonds is 3. The second kappa shape index (κ2) is 6.81. The molecule has 122 valence electrons. The smallest absolute Gasteiger partial charge is 0.0604 e. The topological polar surface area (TPSA) is 25.4 Å². The van der Waals surface area contributed by atoms with E-state index in [0.717, 1.165) is 26.3 Å². The number of morpholine rings is 1. The highest BCUT2D eigenvalue weighted by atomic mass is 16.5. The van der Waals surface area contributed by atoms with Crippen molar-refractivity contribution in [1.29, 1.82) is 0 Å². The van der Waals surface area contributed by atoms with E-state index in [9.17, 15) is 0 Å². The Labute approximate surface area is 139 Å². The fraction of sp³-hybridized carbons (Fsp3) is 0.450. The van der Waals surface area contributed by atoms with Gasteiger partial charge in [0, 0.05) is 25.5 Å². The molecule has 23 heavy (non-hydrogen) atoms. The van der Waals surface area contributed by atoms with Crippen LogP contribution in [0, 0.1) is 0 Å². The van der Waals surface area contributed by atoms with E-state index in [-0.39, 0.29) is 11.5 Å². The second-order valence-electron chi connectivity index (χ2n) is 7.20. The van der Waals surface area contributed by atoms with Crippen molar-refractivity contribution in [3.63, 3.8) is 0 Å². The molecule has 0 radical (unpaired) electrons. The molecule has 3 rings (SSSR count). The van der Waals surface area contributed by atoms with Crippen LogP contribution in [0.2, 0.25) is 0 Å². The van der Waals surface area contributed by atoms with Gasteiger partial charge in [-0.05, 0) is 34.2 Å². The van der Waals surface area contributed by atoms with Crippen molar-refractivity contribution in [1.82, 2.24) is 9.88 Å². The summed E-state index contributed by atoms with van der Waals surface area (Å²) < 4.78 is 5.53. The average molecular weight is 310 g/mol. The molecule has 0 amide bonds. The fourth-order valence-corrected chi connectivity index (χ4v) is 3.16. The summed E-state index contributed by atoms with van der Waals surface area (Å²) in [6.07, 6.45) is 3.76. The Hall–Kier alpha value is -1.71. The number of benzene rings is 1. The molecule has 0 saturated carbocycles. The molecule has 1 atom stereocenters. The highest BCUT2D eigenvalue weighted by Gasteiger charge is 2.24. The predicted molar refractivity (Wildman–Crippen MR) is 93.6 cm³/mol. The Morgan fingerprint density at radius 1 is 0.913 bits per heavy atom. The molecular formula is C20H26N2O. The fourth-order valence-electron chi connectivity index (χ4n) is 3.16. The van der Waals surface area contributed by atoms with E-state index in [1.54, 1.807) is 0 Å². The summed E-state index contributed by atoms with van der Waals surface area (Å²) in [6.45, 7) is 10.3. The zero-order valence-corrected chi connectivity index (χ0v) is 14.3. The SMILES string of the molecule is CC(C)(C)c1ccc(C(c2ccncc2)N2CCOCC2)cc1. The van der Waals surface area contributed by atoms with Gasteiger partial charge in [-0.3, -0.25) is 9.88 Å². The van der Waals surface area contributed by atoms with Crippen molar-refractivity contribution in [2.45, 2.75) is 32.2 Å². The minimum atomic E-state index is 0.184. The average Bonchev–Trinajstić information content (AvgIpc) is 2.57. The van der Waals surface area contributed by atoms with Gasteiger partial charge in [0.05, 0.1) is 19.3 Å². The number of hydrogen-bond acceptors (Lipinski definition) is 3. The van der Waals surface area contributed by atoms with Crippen molar-refractivity contribution in [2.24, 2.45) is 0 Å². The molecule has 0 bridgehead atoms. The molecule has 1 saturated heterocycles. The van der Waals surface area contributed by atoms with Gasteiger partial charge in [-0.25, -0.2) is 0 Å². The Kier molecular flexibility index (Phi) is 4.79. The minimum Gasteiger partial charge on any atom is -0.379 e. The molecule has 3 heteroatoms. The highest BCUT2D eigenvalue weighted by molar-refractivity contribution is 5.35. The Morgan fingerprint density at radius 2 is 1.48 bits per heavy atom. The van der Waals surface area contributed by atoms with E-state index in [2.05, 4.69) is 67.1 Å². The van der Waals surface area contributed by atoms with Crippen molar-refractivity contribution in [3.8, 4) is 0 Å². The summed E-state index contributed by atoms with van der Waals surface area (Å²) >= 11 is 0. The number of pyridine rings is 1. The first-order valence-corrected chi connectivity index (χ1v) is 8.38. The molecule has 1 aliphatic rings. The number of aromatic nitrogens is 1. The maximum atomic E-state index is 5.53. The van der Waals surface area contributed by atoms with Gasteiger partial charge in [-0.1, -0.05) is 45.0 Å². The third kappa shape index (κ3) is 3.80. The summed E-state index contributed by atoms with van der Waals surface area (Å²) in [4.78, 5) is 6.67. The first-order chi connectivity index (χ1) is 11.1. The van der Waals surface area contributed by atoms with Gasteiger partial charge in [0.2, 0.25) is 0 Å². The van der Waals surface area contributed by atoms with Crippen LogP contribution in [0.15, 0.2) is 48.8 Å². The summed E-state index contributed by atoms with van der Waals surface area (Å²) in [5, 5.41) is 0. The van der Waals surface area contributed by atoms with Gasteiger partial charge in [-0.2, -0.15) is 0 Å². The third-order valence-electron chi connectivity index (χ3n) is 4.53. The number of hydrogen-bond donors (Lipinski definition) is 0. The standard InChI is InChI=1S/C20H26N2O/c1-20(2,3)18-6-4-16(5-7-18)19(17-8-10-21-11-9-17)22-12-14-23-15-13-22/h4-11,19H,12-15H2,1-3H3. The Morgan fingerprint density at radius 3 is 2.04 bits per heavy atom. The molecule has 2 aromatic rings. The Bertz CT molecular complexity index is 610. The predicted octanol–water partition coefficient (Wildman–Crippen LogP) is 3.80. The lowest BCUT2D eigenvalue weighted by molar-refractivity contribution is 0.0239. The molecule has 1 aromatic carbocycles. The van der Waals surface area contributed by atoms with Crippen LogP contribution in [0.3, 0.4) is 0 Å². The molecule has 1 unspecified atom stereocenters. The van der Waals surface area contributed by atoms with Crippen LogP contribution in [-0.2, 0) is 10.2 Å². The number of nitrogens with zero attached hydrogens (tertiary/aromatic N) is 2. The van der Waals surface area contributed by atoms with Crippen molar-refractivity contribution in [2.75, 3.05) is 26.3 Å². The molecular weight excluding hydrogens is 284 g/mol. The van der Waals surface area contributed by atoms with Gasteiger partial charge in [-0.15, -0.1) is 0 Å². The zero-order valence-electron chi connectivity index (χ0n) is 14.3. The van der Waals surface area contributed by atoms with Crippen LogP contribution in [0.5, 0.6) is 0 Å². The van der Waals surface area contributed by atoms with Gasteiger partial charge >= 0.3 is 0 Å². The maximum Gasteiger partial charge on any atom is 0.0604 e. The van der Waals surface area contributed by atoms with Crippen molar-refractivity contribution < 1.29 is 4.74 Å². The highest BCUT2D eigenvalue weighted by Crippen LogP contribution is 2.31.